The molecular formula is C20H27N3O2. The van der Waals surface area contributed by atoms with E-state index in [0.717, 1.165) is 31.6 Å². The highest BCUT2D eigenvalue weighted by Gasteiger charge is 2.31. The molecule has 0 aliphatic carbocycles. The van der Waals surface area contributed by atoms with Gasteiger partial charge in [-0.05, 0) is 44.5 Å². The Balaban J connectivity index is 1.82. The van der Waals surface area contributed by atoms with Crippen molar-refractivity contribution < 1.29 is 9.53 Å². The van der Waals surface area contributed by atoms with Crippen molar-refractivity contribution in [3.8, 4) is 5.75 Å². The van der Waals surface area contributed by atoms with Gasteiger partial charge in [-0.1, -0.05) is 25.5 Å². The van der Waals surface area contributed by atoms with E-state index in [-0.39, 0.29) is 12.1 Å². The van der Waals surface area contributed by atoms with E-state index in [1.54, 1.807) is 0 Å². The maximum atomic E-state index is 13.0. The molecule has 5 nitrogen and oxygen atoms in total. The van der Waals surface area contributed by atoms with Crippen LogP contribution >= 0.6 is 0 Å². The fourth-order valence-corrected chi connectivity index (χ4v) is 3.57. The fourth-order valence-electron chi connectivity index (χ4n) is 3.57. The van der Waals surface area contributed by atoms with Gasteiger partial charge in [-0.3, -0.25) is 0 Å². The quantitative estimate of drug-likeness (QED) is 0.865. The smallest absolute Gasteiger partial charge is 0.322 e. The van der Waals surface area contributed by atoms with Crippen molar-refractivity contribution in [2.45, 2.75) is 46.2 Å². The van der Waals surface area contributed by atoms with E-state index in [9.17, 15) is 4.79 Å². The zero-order valence-corrected chi connectivity index (χ0v) is 15.3. The summed E-state index contributed by atoms with van der Waals surface area (Å²) >= 11 is 0. The number of fused-ring (bicyclic) bond motifs is 1. The van der Waals surface area contributed by atoms with E-state index in [4.69, 9.17) is 4.74 Å². The molecule has 1 aromatic carbocycles. The zero-order chi connectivity index (χ0) is 17.8. The summed E-state index contributed by atoms with van der Waals surface area (Å²) in [4.78, 5) is 14.9. The number of nitrogens with one attached hydrogen (secondary N) is 1. The molecule has 0 radical (unpaired) electrons. The molecule has 1 N–H and O–H groups in total. The first-order valence-corrected chi connectivity index (χ1v) is 9.11. The third-order valence-electron chi connectivity index (χ3n) is 4.77. The highest BCUT2D eigenvalue weighted by Crippen LogP contribution is 2.32. The summed E-state index contributed by atoms with van der Waals surface area (Å²) in [5.74, 6) is 0.710. The van der Waals surface area contributed by atoms with E-state index >= 15 is 0 Å². The van der Waals surface area contributed by atoms with Crippen molar-refractivity contribution in [3.05, 3.63) is 47.8 Å². The van der Waals surface area contributed by atoms with Crippen LogP contribution in [0.4, 0.5) is 10.5 Å². The lowest BCUT2D eigenvalue weighted by molar-refractivity contribution is 0.162. The van der Waals surface area contributed by atoms with E-state index in [1.807, 2.05) is 36.1 Å². The minimum atomic E-state index is -0.0595. The van der Waals surface area contributed by atoms with Crippen molar-refractivity contribution in [2.75, 3.05) is 18.5 Å². The van der Waals surface area contributed by atoms with Crippen molar-refractivity contribution in [3.63, 3.8) is 0 Å². The third-order valence-corrected chi connectivity index (χ3v) is 4.77. The molecule has 1 unspecified atom stereocenters. The molecule has 1 aromatic heterocycles. The van der Waals surface area contributed by atoms with Gasteiger partial charge in [0.05, 0.1) is 18.3 Å². The lowest BCUT2D eigenvalue weighted by Crippen LogP contribution is -2.44. The number of carbonyl (C=O) groups is 1. The van der Waals surface area contributed by atoms with Crippen LogP contribution in [0, 0.1) is 6.92 Å². The number of benzene rings is 1. The molecule has 0 saturated heterocycles. The number of para-hydroxylation sites is 2. The highest BCUT2D eigenvalue weighted by molar-refractivity contribution is 5.91. The van der Waals surface area contributed by atoms with Gasteiger partial charge >= 0.3 is 6.03 Å². The first kappa shape index (κ1) is 17.4. The zero-order valence-electron chi connectivity index (χ0n) is 15.3. The third kappa shape index (κ3) is 3.50. The van der Waals surface area contributed by atoms with Crippen LogP contribution in [0.1, 0.15) is 44.1 Å². The van der Waals surface area contributed by atoms with Gasteiger partial charge in [-0.2, -0.15) is 0 Å². The molecule has 0 fully saturated rings. The van der Waals surface area contributed by atoms with Crippen molar-refractivity contribution in [1.29, 1.82) is 0 Å². The number of amides is 2. The minimum Gasteiger partial charge on any atom is -0.492 e. The van der Waals surface area contributed by atoms with Gasteiger partial charge in [0.1, 0.15) is 5.75 Å². The van der Waals surface area contributed by atoms with Crippen LogP contribution in [0.25, 0.3) is 0 Å². The summed E-state index contributed by atoms with van der Waals surface area (Å²) in [7, 11) is 0. The Morgan fingerprint density at radius 1 is 1.20 bits per heavy atom. The van der Waals surface area contributed by atoms with Gasteiger partial charge < -0.3 is 19.5 Å². The van der Waals surface area contributed by atoms with Crippen LogP contribution in [0.5, 0.6) is 5.75 Å². The molecular weight excluding hydrogens is 314 g/mol. The summed E-state index contributed by atoms with van der Waals surface area (Å²) in [5, 5.41) is 3.04. The lowest BCUT2D eigenvalue weighted by atomic mass is 10.0. The van der Waals surface area contributed by atoms with Gasteiger partial charge in [-0.25, -0.2) is 4.79 Å². The summed E-state index contributed by atoms with van der Waals surface area (Å²) in [5.41, 5.74) is 3.22. The monoisotopic (exact) mass is 341 g/mol. The molecule has 1 atom stereocenters. The number of aryl methyl sites for hydroxylation is 1. The van der Waals surface area contributed by atoms with Crippen molar-refractivity contribution >= 4 is 11.7 Å². The van der Waals surface area contributed by atoms with Crippen LogP contribution in [-0.2, 0) is 6.54 Å². The number of ether oxygens (including phenoxy) is 1. The fraction of sp³-hybridized carbons (Fsp3) is 0.450. The average Bonchev–Trinajstić information content (AvgIpc) is 2.99. The first-order valence-electron chi connectivity index (χ1n) is 9.11. The van der Waals surface area contributed by atoms with Crippen LogP contribution in [0.15, 0.2) is 36.4 Å². The minimum absolute atomic E-state index is 0.0595. The second-order valence-corrected chi connectivity index (χ2v) is 6.41. The number of anilines is 1. The topological polar surface area (TPSA) is 46.5 Å². The van der Waals surface area contributed by atoms with E-state index in [0.29, 0.717) is 12.4 Å². The van der Waals surface area contributed by atoms with Gasteiger partial charge in [-0.15, -0.1) is 0 Å². The van der Waals surface area contributed by atoms with Crippen molar-refractivity contribution in [1.82, 2.24) is 9.47 Å². The van der Waals surface area contributed by atoms with Crippen LogP contribution < -0.4 is 10.1 Å². The van der Waals surface area contributed by atoms with Crippen LogP contribution in [0.3, 0.4) is 0 Å². The Bertz CT molecular complexity index is 738. The Hall–Kier alpha value is -2.43. The van der Waals surface area contributed by atoms with Crippen LogP contribution in [0.2, 0.25) is 0 Å². The molecule has 5 heteroatoms. The molecule has 1 aliphatic rings. The van der Waals surface area contributed by atoms with Crippen molar-refractivity contribution in [2.24, 2.45) is 0 Å². The lowest BCUT2D eigenvalue weighted by Gasteiger charge is -2.37. The van der Waals surface area contributed by atoms with E-state index in [2.05, 4.69) is 35.9 Å². The first-order chi connectivity index (χ1) is 12.2. The Kier molecular flexibility index (Phi) is 5.31. The molecule has 1 aliphatic heterocycles. The molecule has 2 heterocycles. The molecule has 2 aromatic rings. The Labute approximate surface area is 149 Å². The SMILES string of the molecule is CCCC1c2ccc(C)n2CCN1C(=O)Nc1ccccc1OCC. The van der Waals surface area contributed by atoms with E-state index in [1.165, 1.54) is 11.4 Å². The summed E-state index contributed by atoms with van der Waals surface area (Å²) in [6, 6.07) is 11.9. The number of nitrogens with zero attached hydrogens (tertiary/aromatic N) is 2. The average molecular weight is 341 g/mol. The predicted molar refractivity (Wildman–Crippen MR) is 100 cm³/mol. The van der Waals surface area contributed by atoms with Crippen LogP contribution in [-0.4, -0.2) is 28.6 Å². The summed E-state index contributed by atoms with van der Waals surface area (Å²) in [6.45, 7) is 8.36. The number of carbonyl (C=O) groups excluding carboxylic acids is 1. The molecule has 2 amide bonds. The number of aromatic nitrogens is 1. The maximum absolute atomic E-state index is 13.0. The summed E-state index contributed by atoms with van der Waals surface area (Å²) < 4.78 is 7.95. The standard InChI is InChI=1S/C20H27N3O2/c1-4-8-17-18-12-11-15(3)22(18)13-14-23(17)20(24)21-16-9-6-7-10-19(16)25-5-2/h6-7,9-12,17H,4-5,8,13-14H2,1-3H3,(H,21,24). The van der Waals surface area contributed by atoms with Gasteiger partial charge in [0, 0.05) is 24.5 Å². The van der Waals surface area contributed by atoms with E-state index < -0.39 is 0 Å². The molecule has 134 valence electrons. The Morgan fingerprint density at radius 2 is 2.00 bits per heavy atom. The second-order valence-electron chi connectivity index (χ2n) is 6.41. The number of rotatable bonds is 5. The number of hydrogen-bond donors (Lipinski definition) is 1. The largest absolute Gasteiger partial charge is 0.492 e. The number of urea groups is 1. The number of hydrogen-bond acceptors (Lipinski definition) is 2. The highest BCUT2D eigenvalue weighted by atomic mass is 16.5. The van der Waals surface area contributed by atoms with Gasteiger partial charge in [0.25, 0.3) is 0 Å². The normalized spacial score (nSPS) is 16.4. The molecule has 25 heavy (non-hydrogen) atoms. The Morgan fingerprint density at radius 3 is 2.76 bits per heavy atom. The molecule has 0 spiro atoms. The molecule has 0 saturated carbocycles. The maximum Gasteiger partial charge on any atom is 0.322 e. The molecule has 0 bridgehead atoms. The second kappa shape index (κ2) is 7.64. The van der Waals surface area contributed by atoms with Gasteiger partial charge in [0.2, 0.25) is 0 Å². The molecule has 3 rings (SSSR count). The summed E-state index contributed by atoms with van der Waals surface area (Å²) in [6.07, 6.45) is 2.00. The predicted octanol–water partition coefficient (Wildman–Crippen LogP) is 4.58. The van der Waals surface area contributed by atoms with Gasteiger partial charge in [0.15, 0.2) is 0 Å².